The summed E-state index contributed by atoms with van der Waals surface area (Å²) in [5.41, 5.74) is -1.11. The molecule has 0 N–H and O–H groups in total. The molecule has 0 radical (unpaired) electrons. The topological polar surface area (TPSA) is 71.9 Å². The van der Waals surface area contributed by atoms with Crippen LogP contribution in [0.2, 0.25) is 0 Å². The van der Waals surface area contributed by atoms with Crippen LogP contribution in [0.15, 0.2) is 22.7 Å². The first-order valence-electron chi connectivity index (χ1n) is 5.99. The molecule has 0 aliphatic carbocycles. The van der Waals surface area contributed by atoms with Crippen LogP contribution >= 0.6 is 0 Å². The molecule has 110 valence electrons. The van der Waals surface area contributed by atoms with Crippen LogP contribution in [0.3, 0.4) is 0 Å². The van der Waals surface area contributed by atoms with E-state index in [0.717, 1.165) is 12.1 Å². The van der Waals surface area contributed by atoms with Gasteiger partial charge >= 0.3 is 6.18 Å². The molecule has 0 aliphatic heterocycles. The van der Waals surface area contributed by atoms with Gasteiger partial charge in [0.25, 0.3) is 5.89 Å². The Labute approximate surface area is 118 Å². The van der Waals surface area contributed by atoms with Crippen LogP contribution in [-0.4, -0.2) is 10.1 Å². The van der Waals surface area contributed by atoms with Gasteiger partial charge in [-0.15, -0.1) is 0 Å². The van der Waals surface area contributed by atoms with Crippen LogP contribution in [0.25, 0.3) is 0 Å². The molecule has 0 atom stereocenters. The zero-order valence-electron chi connectivity index (χ0n) is 10.9. The fourth-order valence-electron chi connectivity index (χ4n) is 1.58. The Morgan fingerprint density at radius 3 is 2.71 bits per heavy atom. The van der Waals surface area contributed by atoms with Crippen LogP contribution in [0, 0.1) is 11.3 Å². The van der Waals surface area contributed by atoms with Crippen molar-refractivity contribution in [2.75, 3.05) is 0 Å². The van der Waals surface area contributed by atoms with Crippen molar-refractivity contribution in [2.24, 2.45) is 0 Å². The minimum absolute atomic E-state index is 0.0873. The smallest absolute Gasteiger partial charge is 0.420 e. The number of halogens is 3. The van der Waals surface area contributed by atoms with E-state index in [1.165, 1.54) is 6.07 Å². The number of alkyl halides is 3. The van der Waals surface area contributed by atoms with Crippen molar-refractivity contribution in [3.63, 3.8) is 0 Å². The van der Waals surface area contributed by atoms with E-state index in [0.29, 0.717) is 12.2 Å². The zero-order chi connectivity index (χ0) is 15.5. The molecule has 0 aliphatic rings. The largest absolute Gasteiger partial charge is 0.483 e. The van der Waals surface area contributed by atoms with Crippen molar-refractivity contribution in [3.8, 4) is 11.8 Å². The van der Waals surface area contributed by atoms with Crippen molar-refractivity contribution >= 4 is 0 Å². The monoisotopic (exact) mass is 297 g/mol. The van der Waals surface area contributed by atoms with Crippen molar-refractivity contribution in [1.29, 1.82) is 5.26 Å². The summed E-state index contributed by atoms with van der Waals surface area (Å²) in [7, 11) is 0. The van der Waals surface area contributed by atoms with E-state index >= 15 is 0 Å². The minimum Gasteiger partial charge on any atom is -0.483 e. The van der Waals surface area contributed by atoms with Gasteiger partial charge in [0.15, 0.2) is 12.4 Å². The number of nitrogens with zero attached hydrogens (tertiary/aromatic N) is 3. The third-order valence-corrected chi connectivity index (χ3v) is 2.59. The Bertz CT molecular complexity index is 674. The maximum Gasteiger partial charge on any atom is 0.420 e. The van der Waals surface area contributed by atoms with Gasteiger partial charge in [-0.1, -0.05) is 12.1 Å². The number of aryl methyl sites for hydroxylation is 1. The maximum atomic E-state index is 12.9. The first-order valence-corrected chi connectivity index (χ1v) is 5.99. The van der Waals surface area contributed by atoms with E-state index < -0.39 is 17.5 Å². The van der Waals surface area contributed by atoms with Gasteiger partial charge in [0.2, 0.25) is 0 Å². The van der Waals surface area contributed by atoms with Gasteiger partial charge in [-0.05, 0) is 18.2 Å². The summed E-state index contributed by atoms with van der Waals surface area (Å²) in [6.45, 7) is 1.54. The first-order chi connectivity index (χ1) is 9.94. The minimum atomic E-state index is -4.62. The highest BCUT2D eigenvalue weighted by Gasteiger charge is 2.34. The van der Waals surface area contributed by atoms with E-state index in [9.17, 15) is 13.2 Å². The molecular formula is C13H10F3N3O2. The molecule has 0 amide bonds. The number of rotatable bonds is 4. The number of hydrogen-bond donors (Lipinski definition) is 0. The third kappa shape index (κ3) is 3.51. The molecule has 1 aromatic carbocycles. The summed E-state index contributed by atoms with van der Waals surface area (Å²) in [6, 6.07) is 4.73. The average Bonchev–Trinajstić information content (AvgIpc) is 2.92. The van der Waals surface area contributed by atoms with Crippen LogP contribution in [0.4, 0.5) is 13.2 Å². The molecule has 1 aromatic heterocycles. The van der Waals surface area contributed by atoms with Crippen molar-refractivity contribution < 1.29 is 22.4 Å². The summed E-state index contributed by atoms with van der Waals surface area (Å²) in [6.07, 6.45) is -4.07. The van der Waals surface area contributed by atoms with Gasteiger partial charge in [-0.25, -0.2) is 0 Å². The molecule has 21 heavy (non-hydrogen) atoms. The van der Waals surface area contributed by atoms with Gasteiger partial charge in [0.1, 0.15) is 5.75 Å². The van der Waals surface area contributed by atoms with E-state index in [1.807, 2.05) is 6.92 Å². The molecule has 0 unspecified atom stereocenters. The highest BCUT2D eigenvalue weighted by molar-refractivity contribution is 5.43. The van der Waals surface area contributed by atoms with Crippen LogP contribution in [-0.2, 0) is 19.2 Å². The molecule has 0 saturated carbocycles. The lowest BCUT2D eigenvalue weighted by Gasteiger charge is -2.13. The molecule has 2 aromatic rings. The lowest BCUT2D eigenvalue weighted by molar-refractivity contribution is -0.139. The van der Waals surface area contributed by atoms with Crippen molar-refractivity contribution in [2.45, 2.75) is 26.1 Å². The Balaban J connectivity index is 2.21. The summed E-state index contributed by atoms with van der Waals surface area (Å²) >= 11 is 0. The third-order valence-electron chi connectivity index (χ3n) is 2.59. The Hall–Kier alpha value is -2.56. The quantitative estimate of drug-likeness (QED) is 0.867. The normalized spacial score (nSPS) is 11.2. The molecule has 0 saturated heterocycles. The molecule has 8 heteroatoms. The second-order valence-electron chi connectivity index (χ2n) is 4.07. The van der Waals surface area contributed by atoms with Gasteiger partial charge in [0, 0.05) is 6.42 Å². The number of nitriles is 1. The summed E-state index contributed by atoms with van der Waals surface area (Å²) < 4.78 is 48.6. The fourth-order valence-corrected chi connectivity index (χ4v) is 1.58. The molecule has 0 spiro atoms. The number of ether oxygens (including phenoxy) is 1. The van der Waals surface area contributed by atoms with Crippen molar-refractivity contribution in [3.05, 3.63) is 41.0 Å². The van der Waals surface area contributed by atoms with Gasteiger partial charge < -0.3 is 9.26 Å². The van der Waals surface area contributed by atoms with Crippen LogP contribution < -0.4 is 4.74 Å². The van der Waals surface area contributed by atoms with E-state index in [2.05, 4.69) is 10.1 Å². The van der Waals surface area contributed by atoms with Gasteiger partial charge in [0.05, 0.1) is 17.2 Å². The predicted molar refractivity (Wildman–Crippen MR) is 64.2 cm³/mol. The number of benzene rings is 1. The highest BCUT2D eigenvalue weighted by Crippen LogP contribution is 2.37. The summed E-state index contributed by atoms with van der Waals surface area (Å²) in [5, 5.41) is 12.3. The van der Waals surface area contributed by atoms with Crippen molar-refractivity contribution in [1.82, 2.24) is 10.1 Å². The fraction of sp³-hybridized carbons (Fsp3) is 0.308. The van der Waals surface area contributed by atoms with E-state index in [1.54, 1.807) is 6.07 Å². The summed E-state index contributed by atoms with van der Waals surface area (Å²) in [5.74, 6) is 0.145. The molecule has 0 fully saturated rings. The lowest BCUT2D eigenvalue weighted by atomic mass is 10.1. The van der Waals surface area contributed by atoms with Gasteiger partial charge in [-0.2, -0.15) is 23.4 Å². The second-order valence-corrected chi connectivity index (χ2v) is 4.07. The lowest BCUT2D eigenvalue weighted by Crippen LogP contribution is -2.09. The first kappa shape index (κ1) is 14.8. The maximum absolute atomic E-state index is 12.9. The molecule has 1 heterocycles. The van der Waals surface area contributed by atoms with Gasteiger partial charge in [-0.3, -0.25) is 0 Å². The molecule has 2 rings (SSSR count). The summed E-state index contributed by atoms with van der Waals surface area (Å²) in [4.78, 5) is 3.93. The molecular weight excluding hydrogens is 287 g/mol. The predicted octanol–water partition coefficient (Wildman–Crippen LogP) is 3.10. The average molecular weight is 297 g/mol. The van der Waals surface area contributed by atoms with E-state index in [4.69, 9.17) is 14.5 Å². The van der Waals surface area contributed by atoms with E-state index in [-0.39, 0.29) is 18.1 Å². The zero-order valence-corrected chi connectivity index (χ0v) is 10.9. The Morgan fingerprint density at radius 2 is 2.14 bits per heavy atom. The standard InChI is InChI=1S/C13H10F3N3O2/c1-2-11-18-12(21-19-11)7-20-10-4-3-8(6-17)5-9(10)13(14,15)16/h3-5H,2,7H2,1H3. The number of hydrogen-bond acceptors (Lipinski definition) is 5. The SMILES string of the molecule is CCc1noc(COc2ccc(C#N)cc2C(F)(F)F)n1. The molecule has 0 bridgehead atoms. The Kier molecular flexibility index (Phi) is 4.12. The highest BCUT2D eigenvalue weighted by atomic mass is 19.4. The van der Waals surface area contributed by atoms with Crippen LogP contribution in [0.5, 0.6) is 5.75 Å². The molecule has 5 nitrogen and oxygen atoms in total. The van der Waals surface area contributed by atoms with Crippen LogP contribution in [0.1, 0.15) is 29.8 Å². The second kappa shape index (κ2) is 5.83. The number of aromatic nitrogens is 2. The Morgan fingerprint density at radius 1 is 1.38 bits per heavy atom.